The van der Waals surface area contributed by atoms with Gasteiger partial charge in [-0.15, -0.1) is 10.2 Å². The Hall–Kier alpha value is -2.18. The molecule has 2 aromatic heterocycles. The van der Waals surface area contributed by atoms with E-state index in [-0.39, 0.29) is 0 Å². The lowest BCUT2D eigenvalue weighted by Crippen LogP contribution is -2.06. The first kappa shape index (κ1) is 14.7. The van der Waals surface area contributed by atoms with Gasteiger partial charge in [0.25, 0.3) is 5.95 Å². The molecule has 0 unspecified atom stereocenters. The number of aryl methyl sites for hydroxylation is 2. The molecule has 0 spiro atoms. The molecule has 0 saturated heterocycles. The topological polar surface area (TPSA) is 60.9 Å². The number of hydrogen-bond acceptors (Lipinski definition) is 4. The molecule has 6 nitrogen and oxygen atoms in total. The summed E-state index contributed by atoms with van der Waals surface area (Å²) in [5.41, 5.74) is 2.68. The number of hydrogen-bond donors (Lipinski definition) is 0. The Morgan fingerprint density at radius 1 is 1.14 bits per heavy atom. The van der Waals surface area contributed by atoms with Crippen molar-refractivity contribution in [3.05, 3.63) is 57.6 Å². The third-order valence-corrected chi connectivity index (χ3v) is 3.73. The van der Waals surface area contributed by atoms with E-state index in [1.807, 2.05) is 26.0 Å². The quantitative estimate of drug-likeness (QED) is 0.690. The van der Waals surface area contributed by atoms with Crippen molar-refractivity contribution in [2.24, 2.45) is 5.10 Å². The van der Waals surface area contributed by atoms with E-state index in [4.69, 9.17) is 23.2 Å². The summed E-state index contributed by atoms with van der Waals surface area (Å²) in [5.74, 6) is 0.516. The van der Waals surface area contributed by atoms with Gasteiger partial charge in [-0.05, 0) is 37.6 Å². The van der Waals surface area contributed by atoms with Gasteiger partial charge in [0.15, 0.2) is 0 Å². The highest BCUT2D eigenvalue weighted by Crippen LogP contribution is 2.21. The van der Waals surface area contributed by atoms with Gasteiger partial charge < -0.3 is 0 Å². The first-order chi connectivity index (χ1) is 10.5. The average molecular weight is 335 g/mol. The van der Waals surface area contributed by atoms with E-state index in [0.717, 1.165) is 17.0 Å². The highest BCUT2D eigenvalue weighted by molar-refractivity contribution is 6.42. The smallest absolute Gasteiger partial charge is 0.202 e. The number of nitrogens with zero attached hydrogens (tertiary/aromatic N) is 6. The fourth-order valence-corrected chi connectivity index (χ4v) is 2.30. The van der Waals surface area contributed by atoms with Gasteiger partial charge >= 0.3 is 0 Å². The molecule has 0 aliphatic carbocycles. The highest BCUT2D eigenvalue weighted by atomic mass is 35.5. The maximum Gasteiger partial charge on any atom is 0.273 e. The fraction of sp³-hybridized carbons (Fsp3) is 0.143. The number of benzene rings is 1. The van der Waals surface area contributed by atoms with E-state index < -0.39 is 0 Å². The van der Waals surface area contributed by atoms with Crippen LogP contribution >= 0.6 is 23.2 Å². The Morgan fingerprint density at radius 2 is 1.95 bits per heavy atom. The van der Waals surface area contributed by atoms with E-state index in [1.165, 1.54) is 6.33 Å². The largest absolute Gasteiger partial charge is 0.273 e. The van der Waals surface area contributed by atoms with Gasteiger partial charge in [-0.2, -0.15) is 14.9 Å². The minimum atomic E-state index is 0.480. The van der Waals surface area contributed by atoms with E-state index in [9.17, 15) is 0 Å². The molecule has 0 fully saturated rings. The van der Waals surface area contributed by atoms with E-state index in [2.05, 4.69) is 20.4 Å². The van der Waals surface area contributed by atoms with Gasteiger partial charge in [0.2, 0.25) is 0 Å². The predicted octanol–water partition coefficient (Wildman–Crippen LogP) is 3.27. The second kappa shape index (κ2) is 5.90. The summed E-state index contributed by atoms with van der Waals surface area (Å²) in [6.45, 7) is 3.87. The van der Waals surface area contributed by atoms with Gasteiger partial charge in [-0.25, -0.2) is 4.68 Å². The lowest BCUT2D eigenvalue weighted by atomic mass is 10.2. The van der Waals surface area contributed by atoms with E-state index in [0.29, 0.717) is 16.0 Å². The van der Waals surface area contributed by atoms with Crippen molar-refractivity contribution in [1.29, 1.82) is 0 Å². The Balaban J connectivity index is 1.94. The minimum Gasteiger partial charge on any atom is -0.202 e. The van der Waals surface area contributed by atoms with Crippen LogP contribution in [0.4, 0.5) is 0 Å². The molecular formula is C14H12Cl2N6. The molecule has 0 bridgehead atoms. The van der Waals surface area contributed by atoms with Crippen molar-refractivity contribution < 1.29 is 0 Å². The molecule has 0 aliphatic rings. The van der Waals surface area contributed by atoms with Crippen molar-refractivity contribution in [3.8, 4) is 5.95 Å². The first-order valence-electron chi connectivity index (χ1n) is 6.47. The molecule has 0 N–H and O–H groups in total. The van der Waals surface area contributed by atoms with Crippen LogP contribution in [-0.4, -0.2) is 30.9 Å². The zero-order chi connectivity index (χ0) is 15.7. The SMILES string of the molecule is Cc1cc(C)n(-c2nncn2/N=C\c2ccc(Cl)c(Cl)c2)n1. The summed E-state index contributed by atoms with van der Waals surface area (Å²) in [5, 5.41) is 17.6. The summed E-state index contributed by atoms with van der Waals surface area (Å²) in [6.07, 6.45) is 3.17. The summed E-state index contributed by atoms with van der Waals surface area (Å²) in [6, 6.07) is 7.24. The molecule has 0 radical (unpaired) electrons. The Bertz CT molecular complexity index is 849. The van der Waals surface area contributed by atoms with Gasteiger partial charge in [-0.1, -0.05) is 29.3 Å². The second-order valence-electron chi connectivity index (χ2n) is 4.73. The van der Waals surface area contributed by atoms with Crippen molar-refractivity contribution in [2.75, 3.05) is 0 Å². The molecule has 0 aliphatic heterocycles. The van der Waals surface area contributed by atoms with Crippen LogP contribution in [0.1, 0.15) is 17.0 Å². The third-order valence-electron chi connectivity index (χ3n) is 2.99. The Kier molecular flexibility index (Phi) is 3.96. The van der Waals surface area contributed by atoms with Crippen LogP contribution in [0.5, 0.6) is 0 Å². The number of rotatable bonds is 3. The van der Waals surface area contributed by atoms with Gasteiger partial charge in [0, 0.05) is 5.69 Å². The maximum atomic E-state index is 5.99. The normalized spacial score (nSPS) is 11.5. The van der Waals surface area contributed by atoms with Crippen LogP contribution in [0.2, 0.25) is 10.0 Å². The summed E-state index contributed by atoms with van der Waals surface area (Å²) < 4.78 is 3.23. The van der Waals surface area contributed by atoms with Gasteiger partial charge in [-0.3, -0.25) is 0 Å². The van der Waals surface area contributed by atoms with Crippen LogP contribution in [0.15, 0.2) is 35.7 Å². The standard InChI is InChI=1S/C14H12Cl2N6/c1-9-5-10(2)22(20-9)14-19-17-8-21(14)18-7-11-3-4-12(15)13(16)6-11/h3-8H,1-2H3/b18-7-. The highest BCUT2D eigenvalue weighted by Gasteiger charge is 2.10. The summed E-state index contributed by atoms with van der Waals surface area (Å²) in [4.78, 5) is 0. The number of aromatic nitrogens is 5. The lowest BCUT2D eigenvalue weighted by molar-refractivity contribution is 0.717. The molecular weight excluding hydrogens is 323 g/mol. The van der Waals surface area contributed by atoms with Crippen molar-refractivity contribution in [1.82, 2.24) is 24.7 Å². The number of halogens is 2. The lowest BCUT2D eigenvalue weighted by Gasteiger charge is -2.02. The zero-order valence-corrected chi connectivity index (χ0v) is 13.4. The van der Waals surface area contributed by atoms with Crippen LogP contribution in [0.25, 0.3) is 5.95 Å². The van der Waals surface area contributed by atoms with Crippen LogP contribution in [-0.2, 0) is 0 Å². The van der Waals surface area contributed by atoms with Gasteiger partial charge in [0.05, 0.1) is 22.0 Å². The molecule has 112 valence electrons. The van der Waals surface area contributed by atoms with Crippen molar-refractivity contribution >= 4 is 29.4 Å². The molecule has 0 amide bonds. The van der Waals surface area contributed by atoms with Crippen molar-refractivity contribution in [2.45, 2.75) is 13.8 Å². The van der Waals surface area contributed by atoms with Crippen LogP contribution in [0, 0.1) is 13.8 Å². The fourth-order valence-electron chi connectivity index (χ4n) is 2.00. The zero-order valence-electron chi connectivity index (χ0n) is 11.9. The first-order valence-corrected chi connectivity index (χ1v) is 7.23. The Morgan fingerprint density at radius 3 is 2.64 bits per heavy atom. The monoisotopic (exact) mass is 334 g/mol. The summed E-state index contributed by atoms with van der Waals surface area (Å²) in [7, 11) is 0. The van der Waals surface area contributed by atoms with E-state index >= 15 is 0 Å². The molecule has 3 rings (SSSR count). The van der Waals surface area contributed by atoms with E-state index in [1.54, 1.807) is 27.7 Å². The molecule has 22 heavy (non-hydrogen) atoms. The molecule has 0 saturated carbocycles. The molecule has 2 heterocycles. The van der Waals surface area contributed by atoms with Crippen LogP contribution < -0.4 is 0 Å². The molecule has 8 heteroatoms. The second-order valence-corrected chi connectivity index (χ2v) is 5.55. The minimum absolute atomic E-state index is 0.480. The third kappa shape index (κ3) is 2.88. The molecule has 1 aromatic carbocycles. The van der Waals surface area contributed by atoms with Crippen LogP contribution in [0.3, 0.4) is 0 Å². The predicted molar refractivity (Wildman–Crippen MR) is 86.1 cm³/mol. The van der Waals surface area contributed by atoms with Gasteiger partial charge in [0.1, 0.15) is 6.33 Å². The maximum absolute atomic E-state index is 5.99. The average Bonchev–Trinajstić information content (AvgIpc) is 3.06. The summed E-state index contributed by atoms with van der Waals surface area (Å²) >= 11 is 11.9. The molecule has 3 aromatic rings. The molecule has 0 atom stereocenters. The van der Waals surface area contributed by atoms with Crippen molar-refractivity contribution in [3.63, 3.8) is 0 Å². The Labute approximate surface area is 137 Å².